The lowest BCUT2D eigenvalue weighted by Gasteiger charge is -2.40. The number of amides is 1. The monoisotopic (exact) mass is 906 g/mol. The van der Waals surface area contributed by atoms with Crippen LogP contribution in [0.2, 0.25) is 0 Å². The number of hydrogen-bond donors (Lipinski definition) is 8. The van der Waals surface area contributed by atoms with Crippen LogP contribution in [0.15, 0.2) is 60.8 Å². The predicted molar refractivity (Wildman–Crippen MR) is 261 cm³/mol. The van der Waals surface area contributed by atoms with E-state index < -0.39 is 74.2 Å². The molecule has 1 amide bonds. The number of allylic oxidation sites excluding steroid dienone is 10. The number of hydrogen-bond acceptors (Lipinski definition) is 10. The highest BCUT2D eigenvalue weighted by Crippen LogP contribution is 2.23. The summed E-state index contributed by atoms with van der Waals surface area (Å²) in [4.78, 5) is 13.1. The van der Waals surface area contributed by atoms with Gasteiger partial charge in [-0.2, -0.15) is 0 Å². The molecule has 0 aliphatic carbocycles. The Morgan fingerprint density at radius 2 is 1.03 bits per heavy atom. The lowest BCUT2D eigenvalue weighted by Crippen LogP contribution is -2.60. The molecule has 64 heavy (non-hydrogen) atoms. The van der Waals surface area contributed by atoms with Crippen LogP contribution in [-0.4, -0.2) is 110 Å². The average molecular weight is 906 g/mol. The molecule has 0 radical (unpaired) electrons. The first-order valence-electron chi connectivity index (χ1n) is 25.7. The quantitative estimate of drug-likeness (QED) is 0.0216. The van der Waals surface area contributed by atoms with Crippen LogP contribution in [0.5, 0.6) is 0 Å². The summed E-state index contributed by atoms with van der Waals surface area (Å²) in [5.41, 5.74) is 0. The molecule has 9 atom stereocenters. The lowest BCUT2D eigenvalue weighted by atomic mass is 9.98. The summed E-state index contributed by atoms with van der Waals surface area (Å²) in [7, 11) is 0. The van der Waals surface area contributed by atoms with Gasteiger partial charge in [0.05, 0.1) is 25.4 Å². The van der Waals surface area contributed by atoms with Crippen molar-refractivity contribution in [1.29, 1.82) is 0 Å². The molecule has 0 saturated carbocycles. The Hall–Kier alpha value is -2.19. The average Bonchev–Trinajstić information content (AvgIpc) is 3.29. The third kappa shape index (κ3) is 30.9. The van der Waals surface area contributed by atoms with Crippen molar-refractivity contribution in [3.05, 3.63) is 60.8 Å². The minimum absolute atomic E-state index is 0.236. The van der Waals surface area contributed by atoms with Gasteiger partial charge in [-0.25, -0.2) is 0 Å². The number of rotatable bonds is 42. The van der Waals surface area contributed by atoms with Crippen molar-refractivity contribution in [2.45, 2.75) is 255 Å². The third-order valence-corrected chi connectivity index (χ3v) is 12.0. The number of ether oxygens (including phenoxy) is 2. The molecule has 1 rings (SSSR count). The van der Waals surface area contributed by atoms with Gasteiger partial charge in [-0.05, 0) is 89.9 Å². The lowest BCUT2D eigenvalue weighted by molar-refractivity contribution is -0.303. The maximum Gasteiger partial charge on any atom is 0.249 e. The van der Waals surface area contributed by atoms with E-state index >= 15 is 0 Å². The van der Waals surface area contributed by atoms with E-state index in [1.165, 1.54) is 83.5 Å². The first kappa shape index (κ1) is 59.8. The van der Waals surface area contributed by atoms with Crippen molar-refractivity contribution in [2.75, 3.05) is 13.2 Å². The maximum absolute atomic E-state index is 13.1. The summed E-state index contributed by atoms with van der Waals surface area (Å²) in [6, 6.07) is -1.20. The number of aliphatic hydroxyl groups is 7. The number of carbonyl (C=O) groups is 1. The maximum atomic E-state index is 13.1. The Balaban J connectivity index is 2.37. The van der Waals surface area contributed by atoms with Gasteiger partial charge in [0.25, 0.3) is 0 Å². The molecule has 1 heterocycles. The number of nitrogens with one attached hydrogen (secondary N) is 1. The highest BCUT2D eigenvalue weighted by molar-refractivity contribution is 5.80. The molecule has 0 spiro atoms. The number of carbonyl (C=O) groups excluding carboxylic acids is 1. The molecule has 0 aromatic rings. The SMILES string of the molecule is CC/C=C/CC/C=C/CC/C=C/CCCC(O)C(O)C(COC1OC(CO)C(O)C(O)C1O)NC(=O)C(O)CCCCCCCCCC/C=C\C/C=C\CCCCCCCCCCC. The Morgan fingerprint density at radius 1 is 0.562 bits per heavy atom. The van der Waals surface area contributed by atoms with Crippen LogP contribution >= 0.6 is 0 Å². The highest BCUT2D eigenvalue weighted by Gasteiger charge is 2.44. The first-order valence-corrected chi connectivity index (χ1v) is 25.7. The molecule has 0 bridgehead atoms. The Morgan fingerprint density at radius 3 is 1.56 bits per heavy atom. The molecule has 1 aliphatic heterocycles. The van der Waals surface area contributed by atoms with E-state index in [1.54, 1.807) is 0 Å². The fourth-order valence-corrected chi connectivity index (χ4v) is 7.80. The van der Waals surface area contributed by atoms with Crippen LogP contribution in [0, 0.1) is 0 Å². The van der Waals surface area contributed by atoms with Crippen LogP contribution in [0.4, 0.5) is 0 Å². The molecule has 1 saturated heterocycles. The minimum atomic E-state index is -1.68. The number of unbranched alkanes of at least 4 members (excludes halogenated alkanes) is 20. The van der Waals surface area contributed by atoms with Crippen LogP contribution in [0.1, 0.15) is 200 Å². The highest BCUT2D eigenvalue weighted by atomic mass is 16.7. The van der Waals surface area contributed by atoms with Crippen molar-refractivity contribution < 1.29 is 50.0 Å². The molecule has 8 N–H and O–H groups in total. The van der Waals surface area contributed by atoms with Gasteiger partial charge in [-0.3, -0.25) is 4.79 Å². The summed E-state index contributed by atoms with van der Waals surface area (Å²) in [5.74, 6) is -0.720. The fraction of sp³-hybridized carbons (Fsp3) is 0.792. The minimum Gasteiger partial charge on any atom is -0.394 e. The molecule has 11 nitrogen and oxygen atoms in total. The summed E-state index contributed by atoms with van der Waals surface area (Å²) >= 11 is 0. The molecule has 1 fully saturated rings. The zero-order valence-corrected chi connectivity index (χ0v) is 40.2. The fourth-order valence-electron chi connectivity index (χ4n) is 7.80. The van der Waals surface area contributed by atoms with E-state index in [4.69, 9.17) is 9.47 Å². The van der Waals surface area contributed by atoms with Crippen LogP contribution in [-0.2, 0) is 14.3 Å². The molecule has 9 unspecified atom stereocenters. The molecule has 1 aliphatic rings. The predicted octanol–water partition coefficient (Wildman–Crippen LogP) is 9.50. The summed E-state index contributed by atoms with van der Waals surface area (Å²) in [6.07, 6.45) is 41.4. The second-order valence-electron chi connectivity index (χ2n) is 17.8. The van der Waals surface area contributed by atoms with Crippen molar-refractivity contribution in [3.63, 3.8) is 0 Å². The van der Waals surface area contributed by atoms with Crippen molar-refractivity contribution in [1.82, 2.24) is 5.32 Å². The molecular formula is C53H95NO10. The summed E-state index contributed by atoms with van der Waals surface area (Å²) < 4.78 is 11.1. The van der Waals surface area contributed by atoms with Crippen LogP contribution in [0.25, 0.3) is 0 Å². The normalized spacial score (nSPS) is 21.5. The van der Waals surface area contributed by atoms with E-state index in [1.807, 2.05) is 6.08 Å². The Labute approximate surface area is 389 Å². The van der Waals surface area contributed by atoms with Crippen LogP contribution < -0.4 is 5.32 Å². The standard InChI is InChI=1S/C53H95NO10/c1-3-5-7-9-11-13-15-17-18-19-20-21-22-23-24-25-26-27-29-31-33-35-37-39-41-46(57)52(62)54-44(43-63-53-51(61)50(60)49(59)47(42-55)64-53)48(58)45(56)40-38-36-34-32-30-28-16-14-12-10-8-6-4-2/h6,8,14,16,20-21,23-24,32,34,44-51,53,55-61H,3-5,7,9-13,15,17-19,22,25-31,33,35-43H2,1-2H3,(H,54,62)/b8-6+,16-14+,21-20-,24-23-,34-32+. The van der Waals surface area contributed by atoms with E-state index in [0.29, 0.717) is 19.3 Å². The van der Waals surface area contributed by atoms with Crippen LogP contribution in [0.3, 0.4) is 0 Å². The van der Waals surface area contributed by atoms with E-state index in [9.17, 15) is 40.5 Å². The zero-order valence-electron chi connectivity index (χ0n) is 40.2. The number of aliphatic hydroxyl groups excluding tert-OH is 7. The van der Waals surface area contributed by atoms with E-state index in [0.717, 1.165) is 70.6 Å². The first-order chi connectivity index (χ1) is 31.2. The Bertz CT molecular complexity index is 1220. The van der Waals surface area contributed by atoms with Gasteiger partial charge in [0.1, 0.15) is 36.6 Å². The molecule has 11 heteroatoms. The van der Waals surface area contributed by atoms with E-state index in [-0.39, 0.29) is 12.8 Å². The van der Waals surface area contributed by atoms with Crippen molar-refractivity contribution in [3.8, 4) is 0 Å². The summed E-state index contributed by atoms with van der Waals surface area (Å²) in [6.45, 7) is 3.30. The summed E-state index contributed by atoms with van der Waals surface area (Å²) in [5, 5.41) is 75.7. The smallest absolute Gasteiger partial charge is 0.249 e. The second kappa shape index (κ2) is 42.2. The van der Waals surface area contributed by atoms with E-state index in [2.05, 4.69) is 73.8 Å². The van der Waals surface area contributed by atoms with Gasteiger partial charge in [0.2, 0.25) is 5.91 Å². The van der Waals surface area contributed by atoms with Gasteiger partial charge >= 0.3 is 0 Å². The topological polar surface area (TPSA) is 189 Å². The Kier molecular flexibility index (Phi) is 39.4. The van der Waals surface area contributed by atoms with Crippen molar-refractivity contribution in [2.24, 2.45) is 0 Å². The van der Waals surface area contributed by atoms with Gasteiger partial charge < -0.3 is 50.5 Å². The van der Waals surface area contributed by atoms with Gasteiger partial charge in [0.15, 0.2) is 6.29 Å². The van der Waals surface area contributed by atoms with Crippen molar-refractivity contribution >= 4 is 5.91 Å². The second-order valence-corrected chi connectivity index (χ2v) is 17.8. The molecule has 372 valence electrons. The van der Waals surface area contributed by atoms with Gasteiger partial charge in [-0.1, -0.05) is 171 Å². The largest absolute Gasteiger partial charge is 0.394 e. The van der Waals surface area contributed by atoms with Gasteiger partial charge in [-0.15, -0.1) is 0 Å². The molecular weight excluding hydrogens is 811 g/mol. The van der Waals surface area contributed by atoms with Gasteiger partial charge in [0, 0.05) is 0 Å². The zero-order chi connectivity index (χ0) is 46.9. The molecule has 0 aromatic carbocycles. The third-order valence-electron chi connectivity index (χ3n) is 12.0. The molecule has 0 aromatic heterocycles.